The molecule has 2 heterocycles. The van der Waals surface area contributed by atoms with E-state index in [1.807, 2.05) is 25.7 Å². The van der Waals surface area contributed by atoms with Gasteiger partial charge in [-0.1, -0.05) is 0 Å². The van der Waals surface area contributed by atoms with Gasteiger partial charge in [0.25, 0.3) is 0 Å². The first-order chi connectivity index (χ1) is 8.46. The average molecular weight is 255 g/mol. The number of carbonyl (C=O) groups excluding carboxylic acids is 1. The Morgan fingerprint density at radius 1 is 1.22 bits per heavy atom. The maximum Gasteiger partial charge on any atom is 0.410 e. The van der Waals surface area contributed by atoms with Crippen LogP contribution in [0.3, 0.4) is 0 Å². The highest BCUT2D eigenvalue weighted by Gasteiger charge is 2.32. The first-order valence-electron chi connectivity index (χ1n) is 7.05. The van der Waals surface area contributed by atoms with E-state index < -0.39 is 5.60 Å². The van der Waals surface area contributed by atoms with E-state index in [1.165, 1.54) is 12.8 Å². The molecular formula is C14H25NO3. The third-order valence-corrected chi connectivity index (χ3v) is 3.68. The van der Waals surface area contributed by atoms with Gasteiger partial charge in [-0.2, -0.15) is 0 Å². The van der Waals surface area contributed by atoms with Gasteiger partial charge in [0.2, 0.25) is 0 Å². The molecule has 0 radical (unpaired) electrons. The van der Waals surface area contributed by atoms with Crippen LogP contribution < -0.4 is 0 Å². The highest BCUT2D eigenvalue weighted by Crippen LogP contribution is 2.29. The lowest BCUT2D eigenvalue weighted by Crippen LogP contribution is -2.43. The molecule has 0 aromatic rings. The average Bonchev–Trinajstić information content (AvgIpc) is 2.80. The number of hydrogen-bond acceptors (Lipinski definition) is 3. The Labute approximate surface area is 110 Å². The number of hydrogen-bond donors (Lipinski definition) is 0. The van der Waals surface area contributed by atoms with Crippen molar-refractivity contribution in [2.45, 2.75) is 58.2 Å². The fourth-order valence-corrected chi connectivity index (χ4v) is 2.75. The quantitative estimate of drug-likeness (QED) is 0.723. The van der Waals surface area contributed by atoms with E-state index in [2.05, 4.69) is 0 Å². The summed E-state index contributed by atoms with van der Waals surface area (Å²) in [5, 5.41) is 0. The molecule has 0 N–H and O–H groups in total. The second kappa shape index (κ2) is 5.47. The number of ether oxygens (including phenoxy) is 2. The molecule has 0 spiro atoms. The lowest BCUT2D eigenvalue weighted by molar-refractivity contribution is 0.00245. The summed E-state index contributed by atoms with van der Waals surface area (Å²) in [6.07, 6.45) is 4.74. The van der Waals surface area contributed by atoms with E-state index in [-0.39, 0.29) is 6.09 Å². The molecular weight excluding hydrogens is 230 g/mol. The van der Waals surface area contributed by atoms with Crippen molar-refractivity contribution in [2.75, 3.05) is 19.7 Å². The molecule has 2 saturated heterocycles. The van der Waals surface area contributed by atoms with Crippen molar-refractivity contribution in [3.8, 4) is 0 Å². The minimum Gasteiger partial charge on any atom is -0.444 e. The molecule has 4 heteroatoms. The number of piperidine rings is 1. The number of nitrogens with zero attached hydrogens (tertiary/aromatic N) is 1. The van der Waals surface area contributed by atoms with Crippen LogP contribution in [0.2, 0.25) is 0 Å². The summed E-state index contributed by atoms with van der Waals surface area (Å²) in [6, 6.07) is 0. The third-order valence-electron chi connectivity index (χ3n) is 3.68. The van der Waals surface area contributed by atoms with Crippen LogP contribution in [0.1, 0.15) is 46.5 Å². The van der Waals surface area contributed by atoms with Crippen molar-refractivity contribution >= 4 is 6.09 Å². The molecule has 0 aliphatic carbocycles. The Morgan fingerprint density at radius 2 is 1.89 bits per heavy atom. The Bertz CT molecular complexity index is 284. The lowest BCUT2D eigenvalue weighted by atomic mass is 9.90. The summed E-state index contributed by atoms with van der Waals surface area (Å²) in [7, 11) is 0. The highest BCUT2D eigenvalue weighted by molar-refractivity contribution is 5.68. The molecule has 104 valence electrons. The molecule has 0 unspecified atom stereocenters. The summed E-state index contributed by atoms with van der Waals surface area (Å²) in [5.74, 6) is 0.631. The molecule has 2 aliphatic heterocycles. The van der Waals surface area contributed by atoms with Gasteiger partial charge < -0.3 is 14.4 Å². The van der Waals surface area contributed by atoms with Crippen LogP contribution in [0.4, 0.5) is 4.79 Å². The SMILES string of the molecule is CC(C)(C)OC(=O)N1CCC([C@H]2CCCO2)CC1. The van der Waals surface area contributed by atoms with E-state index in [0.29, 0.717) is 12.0 Å². The summed E-state index contributed by atoms with van der Waals surface area (Å²) in [4.78, 5) is 13.7. The van der Waals surface area contributed by atoms with Crippen LogP contribution in [-0.4, -0.2) is 42.4 Å². The van der Waals surface area contributed by atoms with Crippen LogP contribution in [0.15, 0.2) is 0 Å². The topological polar surface area (TPSA) is 38.8 Å². The lowest BCUT2D eigenvalue weighted by Gasteiger charge is -2.35. The maximum absolute atomic E-state index is 11.9. The molecule has 0 saturated carbocycles. The third kappa shape index (κ3) is 3.61. The Hall–Kier alpha value is -0.770. The minimum atomic E-state index is -0.400. The summed E-state index contributed by atoms with van der Waals surface area (Å²) >= 11 is 0. The summed E-state index contributed by atoms with van der Waals surface area (Å²) < 4.78 is 11.1. The van der Waals surface area contributed by atoms with Crippen LogP contribution in [0.5, 0.6) is 0 Å². The van der Waals surface area contributed by atoms with Gasteiger partial charge in [-0.05, 0) is 52.4 Å². The van der Waals surface area contributed by atoms with Crippen molar-refractivity contribution in [2.24, 2.45) is 5.92 Å². The number of likely N-dealkylation sites (tertiary alicyclic amines) is 1. The van der Waals surface area contributed by atoms with Crippen molar-refractivity contribution in [1.29, 1.82) is 0 Å². The van der Waals surface area contributed by atoms with Crippen molar-refractivity contribution in [3.63, 3.8) is 0 Å². The molecule has 1 atom stereocenters. The van der Waals surface area contributed by atoms with E-state index in [4.69, 9.17) is 9.47 Å². The predicted molar refractivity (Wildman–Crippen MR) is 69.5 cm³/mol. The minimum absolute atomic E-state index is 0.173. The molecule has 2 rings (SSSR count). The monoisotopic (exact) mass is 255 g/mol. The van der Waals surface area contributed by atoms with Crippen LogP contribution >= 0.6 is 0 Å². The molecule has 0 aromatic carbocycles. The molecule has 0 bridgehead atoms. The van der Waals surface area contributed by atoms with Crippen molar-refractivity contribution in [3.05, 3.63) is 0 Å². The fraction of sp³-hybridized carbons (Fsp3) is 0.929. The van der Waals surface area contributed by atoms with Gasteiger partial charge in [0.1, 0.15) is 5.60 Å². The Morgan fingerprint density at radius 3 is 2.39 bits per heavy atom. The summed E-state index contributed by atoms with van der Waals surface area (Å²) in [5.41, 5.74) is -0.400. The maximum atomic E-state index is 11.9. The molecule has 18 heavy (non-hydrogen) atoms. The molecule has 2 fully saturated rings. The zero-order chi connectivity index (χ0) is 13.2. The van der Waals surface area contributed by atoms with Gasteiger partial charge in [-0.3, -0.25) is 0 Å². The number of amides is 1. The Kier molecular flexibility index (Phi) is 4.15. The van der Waals surface area contributed by atoms with Gasteiger partial charge in [0, 0.05) is 19.7 Å². The van der Waals surface area contributed by atoms with Gasteiger partial charge in [0.05, 0.1) is 6.10 Å². The molecule has 0 aromatic heterocycles. The first-order valence-corrected chi connectivity index (χ1v) is 7.05. The van der Waals surface area contributed by atoms with Crippen LogP contribution in [0.25, 0.3) is 0 Å². The first kappa shape index (κ1) is 13.7. The zero-order valence-electron chi connectivity index (χ0n) is 11.8. The standard InChI is InChI=1S/C14H25NO3/c1-14(2,3)18-13(16)15-8-6-11(7-9-15)12-5-4-10-17-12/h11-12H,4-10H2,1-3H3/t12-/m1/s1. The van der Waals surface area contributed by atoms with Crippen molar-refractivity contribution < 1.29 is 14.3 Å². The van der Waals surface area contributed by atoms with Crippen LogP contribution in [0, 0.1) is 5.92 Å². The Balaban J connectivity index is 1.77. The normalized spacial score (nSPS) is 26.4. The van der Waals surface area contributed by atoms with Gasteiger partial charge in [0.15, 0.2) is 0 Å². The zero-order valence-corrected chi connectivity index (χ0v) is 11.8. The van der Waals surface area contributed by atoms with Crippen LogP contribution in [-0.2, 0) is 9.47 Å². The molecule has 1 amide bonds. The van der Waals surface area contributed by atoms with Gasteiger partial charge >= 0.3 is 6.09 Å². The second-order valence-corrected chi connectivity index (χ2v) is 6.36. The largest absolute Gasteiger partial charge is 0.444 e. The fourth-order valence-electron chi connectivity index (χ4n) is 2.75. The molecule has 4 nitrogen and oxygen atoms in total. The summed E-state index contributed by atoms with van der Waals surface area (Å²) in [6.45, 7) is 8.24. The van der Waals surface area contributed by atoms with E-state index in [1.54, 1.807) is 0 Å². The predicted octanol–water partition coefficient (Wildman–Crippen LogP) is 2.81. The van der Waals surface area contributed by atoms with Gasteiger partial charge in [-0.25, -0.2) is 4.79 Å². The smallest absolute Gasteiger partial charge is 0.410 e. The number of carbonyl (C=O) groups is 1. The highest BCUT2D eigenvalue weighted by atomic mass is 16.6. The second-order valence-electron chi connectivity index (χ2n) is 6.36. The van der Waals surface area contributed by atoms with Gasteiger partial charge in [-0.15, -0.1) is 0 Å². The van der Waals surface area contributed by atoms with E-state index >= 15 is 0 Å². The molecule has 2 aliphatic rings. The number of rotatable bonds is 1. The van der Waals surface area contributed by atoms with E-state index in [9.17, 15) is 4.79 Å². The van der Waals surface area contributed by atoms with Crippen molar-refractivity contribution in [1.82, 2.24) is 4.90 Å². The van der Waals surface area contributed by atoms with E-state index in [0.717, 1.165) is 32.5 Å².